The lowest BCUT2D eigenvalue weighted by atomic mass is 9.85. The highest BCUT2D eigenvalue weighted by Gasteiger charge is 2.50. The van der Waals surface area contributed by atoms with Crippen LogP contribution in [0.3, 0.4) is 0 Å². The Bertz CT molecular complexity index is 520. The van der Waals surface area contributed by atoms with Crippen LogP contribution >= 0.6 is 0 Å². The molecule has 1 atom stereocenters. The van der Waals surface area contributed by atoms with Crippen LogP contribution in [0.1, 0.15) is 45.4 Å². The van der Waals surface area contributed by atoms with E-state index in [1.54, 1.807) is 0 Å². The molecule has 142 valence electrons. The van der Waals surface area contributed by atoms with Crippen LogP contribution in [0.15, 0.2) is 0 Å². The third kappa shape index (κ3) is 7.29. The first-order valence-corrected chi connectivity index (χ1v) is 7.89. The SMILES string of the molecule is CCCCOC(=O)NC(CCC(=O)O)(C(=O)O)C(=O)C(=O)CCCN. The number of nitrogens with one attached hydrogen (secondary N) is 1. The Kier molecular flexibility index (Phi) is 10.0. The molecular weight excluding hydrogens is 336 g/mol. The molecule has 0 aromatic rings. The number of carbonyl (C=O) groups is 5. The van der Waals surface area contributed by atoms with Gasteiger partial charge in [0.05, 0.1) is 6.61 Å². The van der Waals surface area contributed by atoms with Crippen LogP contribution in [-0.4, -0.2) is 58.5 Å². The Balaban J connectivity index is 5.46. The van der Waals surface area contributed by atoms with Crippen molar-refractivity contribution in [3.63, 3.8) is 0 Å². The highest BCUT2D eigenvalue weighted by Crippen LogP contribution is 2.18. The van der Waals surface area contributed by atoms with Crippen molar-refractivity contribution in [2.24, 2.45) is 5.73 Å². The molecule has 25 heavy (non-hydrogen) atoms. The van der Waals surface area contributed by atoms with Crippen molar-refractivity contribution in [2.45, 2.75) is 51.0 Å². The van der Waals surface area contributed by atoms with Gasteiger partial charge >= 0.3 is 18.0 Å². The summed E-state index contributed by atoms with van der Waals surface area (Å²) in [6, 6.07) is 0. The number of carbonyl (C=O) groups excluding carboxylic acids is 3. The van der Waals surface area contributed by atoms with E-state index in [4.69, 9.17) is 15.6 Å². The van der Waals surface area contributed by atoms with E-state index < -0.39 is 48.0 Å². The summed E-state index contributed by atoms with van der Waals surface area (Å²) in [4.78, 5) is 58.5. The van der Waals surface area contributed by atoms with Crippen molar-refractivity contribution in [1.82, 2.24) is 5.32 Å². The topological polar surface area (TPSA) is 173 Å². The fraction of sp³-hybridized carbons (Fsp3) is 0.667. The summed E-state index contributed by atoms with van der Waals surface area (Å²) in [5.41, 5.74) is 2.56. The number of alkyl carbamates (subject to hydrolysis) is 1. The van der Waals surface area contributed by atoms with Gasteiger partial charge in [0.2, 0.25) is 17.1 Å². The number of hydrogen-bond acceptors (Lipinski definition) is 7. The average Bonchev–Trinajstić information content (AvgIpc) is 2.55. The molecule has 10 nitrogen and oxygen atoms in total. The first-order chi connectivity index (χ1) is 11.7. The summed E-state index contributed by atoms with van der Waals surface area (Å²) < 4.78 is 4.76. The maximum absolute atomic E-state index is 12.4. The summed E-state index contributed by atoms with van der Waals surface area (Å²) in [6.45, 7) is 1.95. The van der Waals surface area contributed by atoms with Gasteiger partial charge in [0, 0.05) is 12.8 Å². The number of nitrogens with two attached hydrogens (primary N) is 1. The summed E-state index contributed by atoms with van der Waals surface area (Å²) in [7, 11) is 0. The second-order valence-corrected chi connectivity index (χ2v) is 5.36. The number of Topliss-reactive ketones (excluding diaryl/α,β-unsaturated/α-hetero) is 2. The Labute approximate surface area is 144 Å². The fourth-order valence-electron chi connectivity index (χ4n) is 1.92. The molecule has 1 unspecified atom stereocenters. The van der Waals surface area contributed by atoms with Crippen LogP contribution < -0.4 is 11.1 Å². The number of carboxylic acid groups (broad SMARTS) is 2. The van der Waals surface area contributed by atoms with Gasteiger partial charge in [0.25, 0.3) is 0 Å². The van der Waals surface area contributed by atoms with Crippen molar-refractivity contribution in [3.8, 4) is 0 Å². The molecule has 0 saturated carbocycles. The molecule has 0 heterocycles. The zero-order chi connectivity index (χ0) is 19.5. The number of carboxylic acids is 2. The summed E-state index contributed by atoms with van der Waals surface area (Å²) in [5.74, 6) is -5.66. The van der Waals surface area contributed by atoms with E-state index in [9.17, 15) is 29.1 Å². The van der Waals surface area contributed by atoms with Gasteiger partial charge in [-0.3, -0.25) is 19.7 Å². The first kappa shape index (κ1) is 22.5. The number of hydrogen-bond donors (Lipinski definition) is 4. The zero-order valence-electron chi connectivity index (χ0n) is 14.1. The molecule has 0 aromatic carbocycles. The third-order valence-electron chi connectivity index (χ3n) is 3.37. The molecule has 0 fully saturated rings. The molecule has 0 aliphatic carbocycles. The minimum absolute atomic E-state index is 0.00767. The maximum Gasteiger partial charge on any atom is 0.408 e. The van der Waals surface area contributed by atoms with E-state index in [1.807, 2.05) is 12.2 Å². The predicted molar refractivity (Wildman–Crippen MR) is 84.9 cm³/mol. The Hall–Kier alpha value is -2.49. The first-order valence-electron chi connectivity index (χ1n) is 7.89. The average molecular weight is 360 g/mol. The molecule has 0 saturated heterocycles. The van der Waals surface area contributed by atoms with Crippen molar-refractivity contribution in [1.29, 1.82) is 0 Å². The van der Waals surface area contributed by atoms with Crippen LogP contribution in [0.4, 0.5) is 4.79 Å². The van der Waals surface area contributed by atoms with Crippen LogP contribution in [0.5, 0.6) is 0 Å². The molecule has 0 radical (unpaired) electrons. The van der Waals surface area contributed by atoms with Crippen molar-refractivity contribution >= 4 is 29.6 Å². The predicted octanol–water partition coefficient (Wildman–Crippen LogP) is 0.0780. The lowest BCUT2D eigenvalue weighted by molar-refractivity contribution is -0.154. The number of rotatable bonds is 13. The van der Waals surface area contributed by atoms with E-state index in [0.717, 1.165) is 0 Å². The van der Waals surface area contributed by atoms with Gasteiger partial charge in [-0.1, -0.05) is 13.3 Å². The molecule has 0 spiro atoms. The second-order valence-electron chi connectivity index (χ2n) is 5.36. The highest BCUT2D eigenvalue weighted by molar-refractivity contribution is 6.45. The molecule has 0 rings (SSSR count). The molecule has 0 aliphatic heterocycles. The standard InChI is InChI=1S/C15H24N2O8/c1-2-3-9-25-14(24)17-15(13(22)23,7-6-11(19)20)12(21)10(18)5-4-8-16/h2-9,16H2,1H3,(H,17,24)(H,19,20)(H,22,23). The normalized spacial score (nSPS) is 12.7. The van der Waals surface area contributed by atoms with Gasteiger partial charge < -0.3 is 20.7 Å². The smallest absolute Gasteiger partial charge is 0.408 e. The van der Waals surface area contributed by atoms with Gasteiger partial charge in [-0.25, -0.2) is 9.59 Å². The van der Waals surface area contributed by atoms with Crippen LogP contribution in [0, 0.1) is 0 Å². The highest BCUT2D eigenvalue weighted by atomic mass is 16.5. The molecule has 0 aromatic heterocycles. The largest absolute Gasteiger partial charge is 0.481 e. The molecule has 0 bridgehead atoms. The molecule has 10 heteroatoms. The van der Waals surface area contributed by atoms with Gasteiger partial charge in [0.1, 0.15) is 0 Å². The van der Waals surface area contributed by atoms with Crippen LogP contribution in [0.2, 0.25) is 0 Å². The van der Waals surface area contributed by atoms with Crippen LogP contribution in [-0.2, 0) is 23.9 Å². The number of ether oxygens (including phenoxy) is 1. The molecule has 0 aliphatic rings. The van der Waals surface area contributed by atoms with E-state index in [0.29, 0.717) is 12.8 Å². The Morgan fingerprint density at radius 1 is 1.08 bits per heavy atom. The van der Waals surface area contributed by atoms with E-state index in [-0.39, 0.29) is 26.0 Å². The zero-order valence-corrected chi connectivity index (χ0v) is 14.1. The lowest BCUT2D eigenvalue weighted by Gasteiger charge is -2.27. The quantitative estimate of drug-likeness (QED) is 0.201. The molecular formula is C15H24N2O8. The van der Waals surface area contributed by atoms with E-state index in [1.165, 1.54) is 0 Å². The Morgan fingerprint density at radius 3 is 2.20 bits per heavy atom. The number of amides is 1. The minimum atomic E-state index is -2.69. The number of aliphatic carboxylic acids is 2. The van der Waals surface area contributed by atoms with E-state index >= 15 is 0 Å². The van der Waals surface area contributed by atoms with Gasteiger partial charge in [-0.15, -0.1) is 0 Å². The van der Waals surface area contributed by atoms with Gasteiger partial charge in [-0.2, -0.15) is 0 Å². The van der Waals surface area contributed by atoms with Crippen molar-refractivity contribution in [2.75, 3.05) is 13.2 Å². The molecule has 1 amide bonds. The monoisotopic (exact) mass is 360 g/mol. The summed E-state index contributed by atoms with van der Waals surface area (Å²) in [5, 5.41) is 20.1. The van der Waals surface area contributed by atoms with E-state index in [2.05, 4.69) is 0 Å². The molecule has 5 N–H and O–H groups in total. The van der Waals surface area contributed by atoms with Crippen molar-refractivity contribution < 1.29 is 38.9 Å². The summed E-state index contributed by atoms with van der Waals surface area (Å²) in [6.07, 6.45) is -1.64. The summed E-state index contributed by atoms with van der Waals surface area (Å²) >= 11 is 0. The van der Waals surface area contributed by atoms with Crippen LogP contribution in [0.25, 0.3) is 0 Å². The second kappa shape index (κ2) is 11.1. The maximum atomic E-state index is 12.4. The Morgan fingerprint density at radius 2 is 1.72 bits per heavy atom. The van der Waals surface area contributed by atoms with Crippen molar-refractivity contribution in [3.05, 3.63) is 0 Å². The minimum Gasteiger partial charge on any atom is -0.481 e. The van der Waals surface area contributed by atoms with Gasteiger partial charge in [-0.05, 0) is 25.8 Å². The lowest BCUT2D eigenvalue weighted by Crippen LogP contribution is -2.62. The fourth-order valence-corrected chi connectivity index (χ4v) is 1.92. The number of ketones is 2. The van der Waals surface area contributed by atoms with Gasteiger partial charge in [0.15, 0.2) is 0 Å². The third-order valence-corrected chi connectivity index (χ3v) is 3.37. The number of unbranched alkanes of at least 4 members (excludes halogenated alkanes) is 1.